The molecular weight excluding hydrogens is 200 g/mol. The van der Waals surface area contributed by atoms with Gasteiger partial charge >= 0.3 is 0 Å². The van der Waals surface area contributed by atoms with E-state index in [0.717, 1.165) is 11.1 Å². The average Bonchev–Trinajstić information content (AvgIpc) is 2.09. The quantitative estimate of drug-likeness (QED) is 0.810. The second kappa shape index (κ2) is 3.71. The standard InChI is InChI=1S/C10H14O3S/c1-7-4-5-10(6-8(7)2)14(12,13)9(3)11/h4-6,9,11H,1-3H3. The van der Waals surface area contributed by atoms with Crippen LogP contribution in [-0.2, 0) is 9.84 Å². The van der Waals surface area contributed by atoms with Gasteiger partial charge in [-0.2, -0.15) is 0 Å². The molecule has 1 unspecified atom stereocenters. The number of sulfone groups is 1. The van der Waals surface area contributed by atoms with Gasteiger partial charge in [-0.1, -0.05) is 6.07 Å². The molecule has 0 spiro atoms. The van der Waals surface area contributed by atoms with Crippen LogP contribution in [0.3, 0.4) is 0 Å². The summed E-state index contributed by atoms with van der Waals surface area (Å²) in [5, 5.41) is 9.11. The van der Waals surface area contributed by atoms with E-state index in [1.54, 1.807) is 12.1 Å². The van der Waals surface area contributed by atoms with Crippen LogP contribution < -0.4 is 0 Å². The van der Waals surface area contributed by atoms with Crippen LogP contribution in [0, 0.1) is 13.8 Å². The molecule has 0 aromatic heterocycles. The maximum atomic E-state index is 11.5. The summed E-state index contributed by atoms with van der Waals surface area (Å²) >= 11 is 0. The summed E-state index contributed by atoms with van der Waals surface area (Å²) in [7, 11) is -3.56. The molecule has 0 aliphatic heterocycles. The van der Waals surface area contributed by atoms with E-state index in [1.165, 1.54) is 13.0 Å². The molecule has 1 aromatic carbocycles. The summed E-state index contributed by atoms with van der Waals surface area (Å²) in [5.74, 6) is 0. The minimum atomic E-state index is -3.56. The van der Waals surface area contributed by atoms with Crippen LogP contribution in [0.1, 0.15) is 18.1 Å². The minimum absolute atomic E-state index is 0.176. The van der Waals surface area contributed by atoms with Gasteiger partial charge in [-0.15, -0.1) is 0 Å². The second-order valence-electron chi connectivity index (χ2n) is 3.39. The highest BCUT2D eigenvalue weighted by Crippen LogP contribution is 2.18. The topological polar surface area (TPSA) is 54.4 Å². The number of benzene rings is 1. The maximum absolute atomic E-state index is 11.5. The third-order valence-corrected chi connectivity index (χ3v) is 4.07. The fraction of sp³-hybridized carbons (Fsp3) is 0.400. The van der Waals surface area contributed by atoms with Gasteiger partial charge in [-0.05, 0) is 44.0 Å². The average molecular weight is 214 g/mol. The summed E-state index contributed by atoms with van der Waals surface area (Å²) in [6, 6.07) is 4.84. The van der Waals surface area contributed by atoms with Gasteiger partial charge in [0.1, 0.15) is 0 Å². The summed E-state index contributed by atoms with van der Waals surface area (Å²) < 4.78 is 23.1. The zero-order chi connectivity index (χ0) is 10.9. The fourth-order valence-electron chi connectivity index (χ4n) is 1.09. The van der Waals surface area contributed by atoms with E-state index in [0.29, 0.717) is 0 Å². The Kier molecular flexibility index (Phi) is 2.97. The molecule has 0 saturated carbocycles. The lowest BCUT2D eigenvalue weighted by Crippen LogP contribution is -2.17. The van der Waals surface area contributed by atoms with E-state index in [4.69, 9.17) is 5.11 Å². The van der Waals surface area contributed by atoms with E-state index in [1.807, 2.05) is 13.8 Å². The molecule has 3 nitrogen and oxygen atoms in total. The lowest BCUT2D eigenvalue weighted by Gasteiger charge is -2.08. The van der Waals surface area contributed by atoms with E-state index in [-0.39, 0.29) is 4.90 Å². The van der Waals surface area contributed by atoms with Crippen molar-refractivity contribution in [2.75, 3.05) is 0 Å². The Balaban J connectivity index is 3.29. The SMILES string of the molecule is Cc1ccc(S(=O)(=O)C(C)O)cc1C. The van der Waals surface area contributed by atoms with Crippen molar-refractivity contribution in [2.24, 2.45) is 0 Å². The Morgan fingerprint density at radius 1 is 1.21 bits per heavy atom. The highest BCUT2D eigenvalue weighted by atomic mass is 32.2. The molecule has 14 heavy (non-hydrogen) atoms. The molecule has 0 amide bonds. The molecule has 4 heteroatoms. The Morgan fingerprint density at radius 3 is 2.21 bits per heavy atom. The van der Waals surface area contributed by atoms with Gasteiger partial charge in [0.15, 0.2) is 5.44 Å². The monoisotopic (exact) mass is 214 g/mol. The van der Waals surface area contributed by atoms with Crippen molar-refractivity contribution in [1.29, 1.82) is 0 Å². The Bertz CT molecular complexity index is 433. The summed E-state index contributed by atoms with van der Waals surface area (Å²) in [6.07, 6.45) is 0. The highest BCUT2D eigenvalue weighted by Gasteiger charge is 2.20. The predicted molar refractivity (Wildman–Crippen MR) is 54.8 cm³/mol. The Morgan fingerprint density at radius 2 is 1.79 bits per heavy atom. The molecule has 1 N–H and O–H groups in total. The van der Waals surface area contributed by atoms with Crippen LogP contribution >= 0.6 is 0 Å². The highest BCUT2D eigenvalue weighted by molar-refractivity contribution is 7.91. The van der Waals surface area contributed by atoms with Crippen molar-refractivity contribution in [3.63, 3.8) is 0 Å². The molecule has 0 aliphatic carbocycles. The van der Waals surface area contributed by atoms with Crippen LogP contribution in [0.2, 0.25) is 0 Å². The first kappa shape index (κ1) is 11.2. The maximum Gasteiger partial charge on any atom is 0.204 e. The lowest BCUT2D eigenvalue weighted by molar-refractivity contribution is 0.268. The third kappa shape index (κ3) is 1.96. The number of hydrogen-bond acceptors (Lipinski definition) is 3. The van der Waals surface area contributed by atoms with E-state index in [2.05, 4.69) is 0 Å². The van der Waals surface area contributed by atoms with Crippen LogP contribution in [0.15, 0.2) is 23.1 Å². The van der Waals surface area contributed by atoms with Crippen LogP contribution in [-0.4, -0.2) is 19.0 Å². The second-order valence-corrected chi connectivity index (χ2v) is 5.63. The molecule has 0 bridgehead atoms. The first-order valence-corrected chi connectivity index (χ1v) is 5.89. The lowest BCUT2D eigenvalue weighted by atomic mass is 10.1. The van der Waals surface area contributed by atoms with Gasteiger partial charge in [-0.25, -0.2) is 8.42 Å². The number of rotatable bonds is 2. The molecule has 1 atom stereocenters. The molecule has 1 rings (SSSR count). The number of aliphatic hydroxyl groups excluding tert-OH is 1. The van der Waals surface area contributed by atoms with Crippen LogP contribution in [0.4, 0.5) is 0 Å². The van der Waals surface area contributed by atoms with Gasteiger partial charge in [-0.3, -0.25) is 0 Å². The molecule has 0 saturated heterocycles. The van der Waals surface area contributed by atoms with Gasteiger partial charge in [0.25, 0.3) is 0 Å². The zero-order valence-corrected chi connectivity index (χ0v) is 9.30. The van der Waals surface area contributed by atoms with E-state index in [9.17, 15) is 8.42 Å². The number of aliphatic hydroxyl groups is 1. The van der Waals surface area contributed by atoms with Crippen molar-refractivity contribution in [3.05, 3.63) is 29.3 Å². The molecule has 0 fully saturated rings. The minimum Gasteiger partial charge on any atom is -0.377 e. The molecule has 78 valence electrons. The van der Waals surface area contributed by atoms with Gasteiger partial charge in [0.05, 0.1) is 4.90 Å². The van der Waals surface area contributed by atoms with E-state index >= 15 is 0 Å². The Hall–Kier alpha value is -0.870. The smallest absolute Gasteiger partial charge is 0.204 e. The summed E-state index contributed by atoms with van der Waals surface area (Å²) in [6.45, 7) is 5.01. The Labute approximate surface area is 84.3 Å². The van der Waals surface area contributed by atoms with Crippen molar-refractivity contribution in [3.8, 4) is 0 Å². The normalized spacial score (nSPS) is 14.0. The largest absolute Gasteiger partial charge is 0.377 e. The molecule has 0 aliphatic rings. The summed E-state index contributed by atoms with van der Waals surface area (Å²) in [4.78, 5) is 0.176. The van der Waals surface area contributed by atoms with Crippen molar-refractivity contribution >= 4 is 9.84 Å². The van der Waals surface area contributed by atoms with Crippen molar-refractivity contribution in [2.45, 2.75) is 31.1 Å². The van der Waals surface area contributed by atoms with E-state index < -0.39 is 15.3 Å². The van der Waals surface area contributed by atoms with Gasteiger partial charge in [0.2, 0.25) is 9.84 Å². The molecular formula is C10H14O3S. The molecule has 0 radical (unpaired) electrons. The zero-order valence-electron chi connectivity index (χ0n) is 8.48. The third-order valence-electron chi connectivity index (χ3n) is 2.26. The number of hydrogen-bond donors (Lipinski definition) is 1. The first-order chi connectivity index (χ1) is 6.35. The van der Waals surface area contributed by atoms with Crippen LogP contribution in [0.5, 0.6) is 0 Å². The fourth-order valence-corrected chi connectivity index (χ4v) is 2.08. The van der Waals surface area contributed by atoms with Crippen LogP contribution in [0.25, 0.3) is 0 Å². The molecule has 1 aromatic rings. The predicted octanol–water partition coefficient (Wildman–Crippen LogP) is 1.42. The van der Waals surface area contributed by atoms with Gasteiger partial charge in [0, 0.05) is 0 Å². The van der Waals surface area contributed by atoms with Crippen molar-refractivity contribution < 1.29 is 13.5 Å². The first-order valence-electron chi connectivity index (χ1n) is 4.35. The number of aryl methyl sites for hydroxylation is 2. The van der Waals surface area contributed by atoms with Crippen molar-refractivity contribution in [1.82, 2.24) is 0 Å². The van der Waals surface area contributed by atoms with Gasteiger partial charge < -0.3 is 5.11 Å². The summed E-state index contributed by atoms with van der Waals surface area (Å²) in [5.41, 5.74) is 0.589. The molecule has 0 heterocycles.